The van der Waals surface area contributed by atoms with Crippen LogP contribution in [0, 0.1) is 0 Å². The predicted molar refractivity (Wildman–Crippen MR) is 97.9 cm³/mol. The largest absolute Gasteiger partial charge is 0.416 e. The van der Waals surface area contributed by atoms with Crippen LogP contribution in [0.5, 0.6) is 0 Å². The Bertz CT molecular complexity index is 709. The second-order valence-corrected chi connectivity index (χ2v) is 6.20. The van der Waals surface area contributed by atoms with E-state index >= 15 is 0 Å². The third-order valence-electron chi connectivity index (χ3n) is 4.15. The zero-order valence-corrected chi connectivity index (χ0v) is 14.3. The smallest absolute Gasteiger partial charge is 0.368 e. The summed E-state index contributed by atoms with van der Waals surface area (Å²) in [5, 5.41) is 3.55. The fourth-order valence-corrected chi connectivity index (χ4v) is 3.05. The van der Waals surface area contributed by atoms with Gasteiger partial charge in [0.15, 0.2) is 5.11 Å². The Labute approximate surface area is 150 Å². The summed E-state index contributed by atoms with van der Waals surface area (Å²) in [6, 6.07) is 15.1. The molecule has 1 aliphatic rings. The summed E-state index contributed by atoms with van der Waals surface area (Å²) in [5.41, 5.74) is 1.08. The van der Waals surface area contributed by atoms with Gasteiger partial charge in [0.25, 0.3) is 0 Å². The van der Waals surface area contributed by atoms with Crippen molar-refractivity contribution in [2.75, 3.05) is 36.4 Å². The first-order chi connectivity index (χ1) is 11.9. The van der Waals surface area contributed by atoms with Crippen molar-refractivity contribution in [2.45, 2.75) is 6.18 Å². The summed E-state index contributed by atoms with van der Waals surface area (Å²) < 4.78 is 37.8. The average Bonchev–Trinajstić information content (AvgIpc) is 2.62. The maximum atomic E-state index is 12.6. The van der Waals surface area contributed by atoms with E-state index in [1.165, 1.54) is 17.8 Å². The normalized spacial score (nSPS) is 15.2. The van der Waals surface area contributed by atoms with Crippen LogP contribution in [0.25, 0.3) is 0 Å². The lowest BCUT2D eigenvalue weighted by Gasteiger charge is -2.37. The lowest BCUT2D eigenvalue weighted by atomic mass is 10.2. The predicted octanol–water partition coefficient (Wildman–Crippen LogP) is 4.22. The standard InChI is InChI=1S/C18H18F3N3S/c19-18(20,21)14-6-8-15(9-7-14)22-17(25)24-12-10-23(11-13-24)16-4-2-1-3-5-16/h1-9H,10-13H2,(H,22,25). The number of halogens is 3. The van der Waals surface area contributed by atoms with Crippen molar-refractivity contribution in [3.05, 3.63) is 60.2 Å². The molecule has 1 saturated heterocycles. The van der Waals surface area contributed by atoms with Gasteiger partial charge >= 0.3 is 6.18 Å². The number of nitrogens with one attached hydrogen (secondary N) is 1. The van der Waals surface area contributed by atoms with Crippen molar-refractivity contribution in [3.63, 3.8) is 0 Å². The van der Waals surface area contributed by atoms with Gasteiger partial charge in [-0.2, -0.15) is 13.2 Å². The first kappa shape index (κ1) is 17.5. The minimum Gasteiger partial charge on any atom is -0.368 e. The highest BCUT2D eigenvalue weighted by molar-refractivity contribution is 7.80. The molecular weight excluding hydrogens is 347 g/mol. The van der Waals surface area contributed by atoms with Gasteiger partial charge in [0.05, 0.1) is 5.56 Å². The SMILES string of the molecule is FC(F)(F)c1ccc(NC(=S)N2CCN(c3ccccc3)CC2)cc1. The molecule has 25 heavy (non-hydrogen) atoms. The number of alkyl halides is 3. The third-order valence-corrected chi connectivity index (χ3v) is 4.51. The molecule has 1 heterocycles. The molecule has 0 unspecified atom stereocenters. The zero-order chi connectivity index (χ0) is 17.9. The van der Waals surface area contributed by atoms with Crippen LogP contribution in [-0.2, 0) is 6.18 Å². The van der Waals surface area contributed by atoms with Crippen LogP contribution in [0.15, 0.2) is 54.6 Å². The van der Waals surface area contributed by atoms with E-state index in [9.17, 15) is 13.2 Å². The molecule has 2 aromatic rings. The number of rotatable bonds is 2. The summed E-state index contributed by atoms with van der Waals surface area (Å²) in [5.74, 6) is 0. The number of hydrogen-bond acceptors (Lipinski definition) is 2. The van der Waals surface area contributed by atoms with E-state index in [-0.39, 0.29) is 0 Å². The Morgan fingerprint density at radius 3 is 2.04 bits per heavy atom. The van der Waals surface area contributed by atoms with E-state index < -0.39 is 11.7 Å². The van der Waals surface area contributed by atoms with Crippen molar-refractivity contribution >= 4 is 28.7 Å². The van der Waals surface area contributed by atoms with Gasteiger partial charge in [-0.1, -0.05) is 18.2 Å². The van der Waals surface area contributed by atoms with Gasteiger partial charge in [-0.3, -0.25) is 0 Å². The van der Waals surface area contributed by atoms with Crippen LogP contribution >= 0.6 is 12.2 Å². The van der Waals surface area contributed by atoms with E-state index in [0.717, 1.165) is 38.3 Å². The van der Waals surface area contributed by atoms with Gasteiger partial charge in [0, 0.05) is 37.6 Å². The average molecular weight is 365 g/mol. The van der Waals surface area contributed by atoms with Crippen LogP contribution in [0.4, 0.5) is 24.5 Å². The van der Waals surface area contributed by atoms with Crippen molar-refractivity contribution in [2.24, 2.45) is 0 Å². The van der Waals surface area contributed by atoms with E-state index in [1.54, 1.807) is 0 Å². The number of piperazine rings is 1. The molecule has 0 radical (unpaired) electrons. The second-order valence-electron chi connectivity index (χ2n) is 5.81. The van der Waals surface area contributed by atoms with Crippen molar-refractivity contribution in [1.29, 1.82) is 0 Å². The molecule has 7 heteroatoms. The van der Waals surface area contributed by atoms with Crippen LogP contribution in [0.2, 0.25) is 0 Å². The quantitative estimate of drug-likeness (QED) is 0.803. The highest BCUT2D eigenvalue weighted by Gasteiger charge is 2.30. The lowest BCUT2D eigenvalue weighted by Crippen LogP contribution is -2.50. The highest BCUT2D eigenvalue weighted by atomic mass is 32.1. The maximum Gasteiger partial charge on any atom is 0.416 e. The van der Waals surface area contributed by atoms with Gasteiger partial charge in [-0.15, -0.1) is 0 Å². The van der Waals surface area contributed by atoms with Crippen molar-refractivity contribution < 1.29 is 13.2 Å². The molecule has 0 spiro atoms. The molecule has 1 aliphatic heterocycles. The molecule has 1 fully saturated rings. The Morgan fingerprint density at radius 1 is 0.880 bits per heavy atom. The van der Waals surface area contributed by atoms with Gasteiger partial charge < -0.3 is 15.1 Å². The number of nitrogens with zero attached hydrogens (tertiary/aromatic N) is 2. The minimum atomic E-state index is -4.33. The minimum absolute atomic E-state index is 0.535. The fraction of sp³-hybridized carbons (Fsp3) is 0.278. The highest BCUT2D eigenvalue weighted by Crippen LogP contribution is 2.29. The topological polar surface area (TPSA) is 18.5 Å². The Kier molecular flexibility index (Phi) is 5.13. The number of anilines is 2. The van der Waals surface area contributed by atoms with E-state index in [4.69, 9.17) is 12.2 Å². The molecule has 0 saturated carbocycles. The molecule has 0 amide bonds. The summed E-state index contributed by atoms with van der Waals surface area (Å²) in [6.07, 6.45) is -4.33. The summed E-state index contributed by atoms with van der Waals surface area (Å²) in [6.45, 7) is 3.22. The molecular formula is C18H18F3N3S. The summed E-state index contributed by atoms with van der Waals surface area (Å²) in [7, 11) is 0. The van der Waals surface area contributed by atoms with Gasteiger partial charge in [0.2, 0.25) is 0 Å². The molecule has 3 nitrogen and oxygen atoms in total. The van der Waals surface area contributed by atoms with Crippen molar-refractivity contribution in [1.82, 2.24) is 4.90 Å². The number of benzene rings is 2. The molecule has 132 valence electrons. The molecule has 0 aromatic heterocycles. The third kappa shape index (κ3) is 4.42. The Morgan fingerprint density at radius 2 is 1.48 bits per heavy atom. The van der Waals surface area contributed by atoms with E-state index in [2.05, 4.69) is 22.3 Å². The van der Waals surface area contributed by atoms with Crippen molar-refractivity contribution in [3.8, 4) is 0 Å². The Hall–Kier alpha value is -2.28. The molecule has 2 aromatic carbocycles. The second kappa shape index (κ2) is 7.31. The maximum absolute atomic E-state index is 12.6. The first-order valence-electron chi connectivity index (χ1n) is 7.97. The monoisotopic (exact) mass is 365 g/mol. The van der Waals surface area contributed by atoms with E-state index in [0.29, 0.717) is 10.8 Å². The molecule has 1 N–H and O–H groups in total. The molecule has 3 rings (SSSR count). The molecule has 0 aliphatic carbocycles. The number of para-hydroxylation sites is 1. The number of thiocarbonyl (C=S) groups is 1. The fourth-order valence-electron chi connectivity index (χ4n) is 2.75. The van der Waals surface area contributed by atoms with Gasteiger partial charge in [0.1, 0.15) is 0 Å². The molecule has 0 atom stereocenters. The van der Waals surface area contributed by atoms with Crippen LogP contribution in [0.3, 0.4) is 0 Å². The van der Waals surface area contributed by atoms with Crippen LogP contribution in [-0.4, -0.2) is 36.2 Å². The van der Waals surface area contributed by atoms with E-state index in [1.807, 2.05) is 23.1 Å². The first-order valence-corrected chi connectivity index (χ1v) is 8.37. The van der Waals surface area contributed by atoms with Gasteiger partial charge in [-0.05, 0) is 48.6 Å². The Balaban J connectivity index is 1.54. The summed E-state index contributed by atoms with van der Waals surface area (Å²) in [4.78, 5) is 4.32. The van der Waals surface area contributed by atoms with Gasteiger partial charge in [-0.25, -0.2) is 0 Å². The summed E-state index contributed by atoms with van der Waals surface area (Å²) >= 11 is 5.39. The van der Waals surface area contributed by atoms with Crippen LogP contribution < -0.4 is 10.2 Å². The molecule has 0 bridgehead atoms. The van der Waals surface area contributed by atoms with Crippen LogP contribution in [0.1, 0.15) is 5.56 Å². The lowest BCUT2D eigenvalue weighted by molar-refractivity contribution is -0.137. The number of hydrogen-bond donors (Lipinski definition) is 1. The zero-order valence-electron chi connectivity index (χ0n) is 13.5.